The molecule has 0 aliphatic heterocycles. The Hall–Kier alpha value is -0.820. The Labute approximate surface area is 107 Å². The first kappa shape index (κ1) is 13.6. The van der Waals surface area contributed by atoms with Crippen LogP contribution in [-0.2, 0) is 14.6 Å². The fourth-order valence-corrected chi connectivity index (χ4v) is 4.70. The van der Waals surface area contributed by atoms with E-state index in [1.807, 2.05) is 0 Å². The summed E-state index contributed by atoms with van der Waals surface area (Å²) >= 11 is 0. The summed E-state index contributed by atoms with van der Waals surface area (Å²) in [7, 11) is -3.22. The van der Waals surface area contributed by atoms with E-state index >= 15 is 0 Å². The first-order valence-electron chi connectivity index (χ1n) is 5.97. The number of hydrogen-bond donors (Lipinski definition) is 2. The smallest absolute Gasteiger partial charge is 0.408 e. The zero-order chi connectivity index (χ0) is 13.8. The lowest BCUT2D eigenvalue weighted by atomic mass is 9.49. The van der Waals surface area contributed by atoms with Crippen LogP contribution in [-0.4, -0.2) is 36.3 Å². The molecule has 0 aromatic carbocycles. The van der Waals surface area contributed by atoms with Gasteiger partial charge in [0.2, 0.25) is 0 Å². The Morgan fingerprint density at radius 1 is 1.33 bits per heavy atom. The van der Waals surface area contributed by atoms with E-state index in [0.29, 0.717) is 19.3 Å². The predicted molar refractivity (Wildman–Crippen MR) is 66.7 cm³/mol. The number of sulfone groups is 1. The highest BCUT2D eigenvalue weighted by Gasteiger charge is 2.74. The van der Waals surface area contributed by atoms with Gasteiger partial charge in [0.15, 0.2) is 9.84 Å². The number of carbonyl (C=O) groups is 1. The Kier molecular flexibility index (Phi) is 2.72. The van der Waals surface area contributed by atoms with Crippen LogP contribution in [0, 0.1) is 0 Å². The highest BCUT2D eigenvalue weighted by Crippen LogP contribution is 2.64. The summed E-state index contributed by atoms with van der Waals surface area (Å²) in [5.41, 5.74) is 4.32. The van der Waals surface area contributed by atoms with Crippen molar-refractivity contribution in [3.63, 3.8) is 0 Å². The number of amides is 1. The molecule has 18 heavy (non-hydrogen) atoms. The highest BCUT2D eigenvalue weighted by atomic mass is 32.2. The van der Waals surface area contributed by atoms with E-state index in [4.69, 9.17) is 10.5 Å². The van der Waals surface area contributed by atoms with Crippen LogP contribution in [0.4, 0.5) is 4.79 Å². The van der Waals surface area contributed by atoms with Crippen LogP contribution in [0.25, 0.3) is 0 Å². The van der Waals surface area contributed by atoms with Gasteiger partial charge >= 0.3 is 6.09 Å². The maximum Gasteiger partial charge on any atom is 0.408 e. The average Bonchev–Trinajstić information content (AvgIpc) is 2.05. The molecule has 3 rings (SSSR count). The van der Waals surface area contributed by atoms with Crippen molar-refractivity contribution < 1.29 is 17.9 Å². The van der Waals surface area contributed by atoms with Gasteiger partial charge in [-0.3, -0.25) is 0 Å². The molecule has 0 unspecified atom stereocenters. The van der Waals surface area contributed by atoms with Gasteiger partial charge in [-0.2, -0.15) is 0 Å². The van der Waals surface area contributed by atoms with E-state index < -0.39 is 26.3 Å². The van der Waals surface area contributed by atoms with Gasteiger partial charge in [-0.25, -0.2) is 13.2 Å². The van der Waals surface area contributed by atoms with Crippen molar-refractivity contribution in [2.45, 2.75) is 55.9 Å². The number of ether oxygens (including phenoxy) is 1. The molecule has 104 valence electrons. The molecular formula is C11H20N2O4S. The van der Waals surface area contributed by atoms with Crippen molar-refractivity contribution in [3.8, 4) is 0 Å². The van der Waals surface area contributed by atoms with E-state index in [9.17, 15) is 13.2 Å². The Balaban J connectivity index is 1.90. The van der Waals surface area contributed by atoms with Crippen molar-refractivity contribution in [2.75, 3.05) is 5.88 Å². The first-order valence-corrected chi connectivity index (χ1v) is 7.62. The van der Waals surface area contributed by atoms with Gasteiger partial charge in [-0.05, 0) is 40.0 Å². The zero-order valence-corrected chi connectivity index (χ0v) is 11.8. The molecule has 0 heterocycles. The third-order valence-corrected chi connectivity index (χ3v) is 5.82. The number of nitrogens with one attached hydrogen (secondary N) is 1. The summed E-state index contributed by atoms with van der Waals surface area (Å²) in [6.45, 7) is 5.36. The molecule has 3 saturated carbocycles. The normalized spacial score (nSPS) is 34.2. The minimum absolute atomic E-state index is 0.324. The van der Waals surface area contributed by atoms with Gasteiger partial charge in [0, 0.05) is 5.54 Å². The maximum atomic E-state index is 11.7. The van der Waals surface area contributed by atoms with Gasteiger partial charge in [0.05, 0.1) is 10.6 Å². The third-order valence-electron chi connectivity index (χ3n) is 3.63. The molecule has 3 aliphatic rings. The lowest BCUT2D eigenvalue weighted by Crippen LogP contribution is -2.81. The average molecular weight is 276 g/mol. The van der Waals surface area contributed by atoms with Crippen LogP contribution < -0.4 is 11.1 Å². The quantitative estimate of drug-likeness (QED) is 0.783. The van der Waals surface area contributed by atoms with Gasteiger partial charge in [0.25, 0.3) is 0 Å². The summed E-state index contributed by atoms with van der Waals surface area (Å²) in [6.07, 6.45) is 0.886. The van der Waals surface area contributed by atoms with Gasteiger partial charge < -0.3 is 15.8 Å². The molecule has 1 amide bonds. The number of carbonyl (C=O) groups excluding carboxylic acids is 1. The van der Waals surface area contributed by atoms with Crippen LogP contribution in [0.15, 0.2) is 0 Å². The van der Waals surface area contributed by atoms with Crippen LogP contribution >= 0.6 is 0 Å². The Morgan fingerprint density at radius 3 is 2.22 bits per heavy atom. The minimum Gasteiger partial charge on any atom is -0.444 e. The van der Waals surface area contributed by atoms with Crippen molar-refractivity contribution in [1.82, 2.24) is 5.32 Å². The molecule has 3 aliphatic carbocycles. The molecular weight excluding hydrogens is 256 g/mol. The summed E-state index contributed by atoms with van der Waals surface area (Å²) in [5, 5.41) is 2.77. The van der Waals surface area contributed by atoms with E-state index in [-0.39, 0.29) is 11.4 Å². The van der Waals surface area contributed by atoms with Crippen LogP contribution in [0.1, 0.15) is 40.0 Å². The lowest BCUT2D eigenvalue weighted by Gasteiger charge is -2.68. The molecule has 0 aromatic rings. The molecule has 0 saturated heterocycles. The van der Waals surface area contributed by atoms with Crippen LogP contribution in [0.5, 0.6) is 0 Å². The summed E-state index contributed by atoms with van der Waals surface area (Å²) in [6, 6.07) is 0. The van der Waals surface area contributed by atoms with E-state index in [1.54, 1.807) is 20.8 Å². The molecule has 3 fully saturated rings. The fourth-order valence-electron chi connectivity index (χ4n) is 2.85. The second-order valence-corrected chi connectivity index (χ2v) is 8.83. The van der Waals surface area contributed by atoms with Gasteiger partial charge in [-0.1, -0.05) is 0 Å². The third kappa shape index (κ3) is 1.99. The molecule has 0 atom stereocenters. The second-order valence-electron chi connectivity index (χ2n) is 6.40. The Morgan fingerprint density at radius 2 is 1.83 bits per heavy atom. The van der Waals surface area contributed by atoms with E-state index in [2.05, 4.69) is 5.32 Å². The largest absolute Gasteiger partial charge is 0.444 e. The molecule has 0 aromatic heterocycles. The number of alkyl carbamates (subject to hydrolysis) is 1. The highest BCUT2D eigenvalue weighted by molar-refractivity contribution is 7.92. The predicted octanol–water partition coefficient (Wildman–Crippen LogP) is 0.517. The van der Waals surface area contributed by atoms with Gasteiger partial charge in [0.1, 0.15) is 5.60 Å². The monoisotopic (exact) mass is 276 g/mol. The molecule has 6 nitrogen and oxygen atoms in total. The van der Waals surface area contributed by atoms with Crippen molar-refractivity contribution in [2.24, 2.45) is 5.73 Å². The summed E-state index contributed by atoms with van der Waals surface area (Å²) in [4.78, 5) is 11.6. The SMILES string of the molecule is CC(C)(C)OC(=O)NC12CC(S(=O)(=O)CN)(C1)C2. The number of hydrogen-bond acceptors (Lipinski definition) is 5. The summed E-state index contributed by atoms with van der Waals surface area (Å²) in [5.74, 6) is -0.324. The second kappa shape index (κ2) is 3.60. The summed E-state index contributed by atoms with van der Waals surface area (Å²) < 4.78 is 27.9. The Bertz CT molecular complexity index is 458. The van der Waals surface area contributed by atoms with Gasteiger partial charge in [-0.15, -0.1) is 0 Å². The van der Waals surface area contributed by atoms with E-state index in [1.165, 1.54) is 0 Å². The topological polar surface area (TPSA) is 98.5 Å². The molecule has 3 N–H and O–H groups in total. The first-order chi connectivity index (χ1) is 8.03. The molecule has 0 radical (unpaired) electrons. The van der Waals surface area contributed by atoms with Crippen molar-refractivity contribution >= 4 is 15.9 Å². The van der Waals surface area contributed by atoms with Crippen molar-refractivity contribution in [1.29, 1.82) is 0 Å². The molecule has 7 heteroatoms. The lowest BCUT2D eigenvalue weighted by molar-refractivity contribution is -0.0351. The molecule has 0 spiro atoms. The molecule has 2 bridgehead atoms. The maximum absolute atomic E-state index is 11.7. The van der Waals surface area contributed by atoms with Crippen LogP contribution in [0.2, 0.25) is 0 Å². The fraction of sp³-hybridized carbons (Fsp3) is 0.909. The minimum atomic E-state index is -3.22. The number of rotatable bonds is 3. The standard InChI is InChI=1S/C11H20N2O4S/c1-9(2,3)17-8(14)13-10-4-11(5-10,6-10)18(15,16)7-12/h4-7,12H2,1-3H3,(H,13,14). The van der Waals surface area contributed by atoms with Crippen LogP contribution in [0.3, 0.4) is 0 Å². The zero-order valence-electron chi connectivity index (χ0n) is 10.9. The van der Waals surface area contributed by atoms with Crippen molar-refractivity contribution in [3.05, 3.63) is 0 Å². The number of nitrogens with two attached hydrogens (primary N) is 1. The van der Waals surface area contributed by atoms with E-state index in [0.717, 1.165) is 0 Å².